The summed E-state index contributed by atoms with van der Waals surface area (Å²) in [6.45, 7) is 13.2. The van der Waals surface area contributed by atoms with E-state index in [2.05, 4.69) is 36.0 Å². The number of alkyl halides is 1. The summed E-state index contributed by atoms with van der Waals surface area (Å²) < 4.78 is 26.7. The number of hydrogen-bond acceptors (Lipinski definition) is 5. The fraction of sp³-hybridized carbons (Fsp3) is 0.895. The van der Waals surface area contributed by atoms with Crippen molar-refractivity contribution >= 4 is 7.12 Å². The average Bonchev–Trinajstić information content (AvgIpc) is 2.48. The highest BCUT2D eigenvalue weighted by molar-refractivity contribution is 6.54. The Kier molecular flexibility index (Phi) is 9.06. The molecule has 0 saturated heterocycles. The summed E-state index contributed by atoms with van der Waals surface area (Å²) in [5.41, 5.74) is 0.496. The number of nitrogens with zero attached hydrogens (tertiary/aromatic N) is 2. The highest BCUT2D eigenvalue weighted by Crippen LogP contribution is 2.31. The van der Waals surface area contributed by atoms with E-state index >= 15 is 0 Å². The second-order valence-corrected chi connectivity index (χ2v) is 9.11. The van der Waals surface area contributed by atoms with Crippen LogP contribution in [0.5, 0.6) is 0 Å². The Bertz CT molecular complexity index is 453. The Morgan fingerprint density at radius 3 is 2.35 bits per heavy atom. The minimum Gasteiger partial charge on any atom is -0.407 e. The lowest BCUT2D eigenvalue weighted by molar-refractivity contribution is 0.0722. The minimum atomic E-state index is -0.965. The molecular weight excluding hydrogens is 332 g/mol. The van der Waals surface area contributed by atoms with Crippen molar-refractivity contribution in [2.75, 3.05) is 34.4 Å². The number of halogens is 1. The quantitative estimate of drug-likeness (QED) is 0.498. The van der Waals surface area contributed by atoms with Gasteiger partial charge < -0.3 is 14.6 Å². The largest absolute Gasteiger partial charge is 0.491 e. The Morgan fingerprint density at radius 1 is 1.27 bits per heavy atom. The SMILES string of the molecule is CC(C)COB(OC(C)(C)C)C1=CNC(N(C)CN(C)C)C[C@H]1C(C)F. The van der Waals surface area contributed by atoms with Gasteiger partial charge >= 0.3 is 7.12 Å². The normalized spacial score (nSPS) is 22.6. The monoisotopic (exact) mass is 371 g/mol. The predicted octanol–water partition coefficient (Wildman–Crippen LogP) is 3.13. The van der Waals surface area contributed by atoms with Crippen molar-refractivity contribution in [1.82, 2.24) is 15.1 Å². The minimum absolute atomic E-state index is 0.0877. The van der Waals surface area contributed by atoms with E-state index < -0.39 is 13.3 Å². The first-order valence-corrected chi connectivity index (χ1v) is 9.65. The molecule has 0 amide bonds. The lowest BCUT2D eigenvalue weighted by Crippen LogP contribution is -2.51. The smallest absolute Gasteiger partial charge is 0.407 e. The molecule has 0 aromatic carbocycles. The summed E-state index contributed by atoms with van der Waals surface area (Å²) in [4.78, 5) is 4.29. The van der Waals surface area contributed by atoms with E-state index in [1.54, 1.807) is 6.92 Å². The van der Waals surface area contributed by atoms with Crippen molar-refractivity contribution in [3.63, 3.8) is 0 Å². The van der Waals surface area contributed by atoms with Crippen molar-refractivity contribution in [3.8, 4) is 0 Å². The van der Waals surface area contributed by atoms with E-state index in [0.29, 0.717) is 18.9 Å². The summed E-state index contributed by atoms with van der Waals surface area (Å²) >= 11 is 0. The van der Waals surface area contributed by atoms with Gasteiger partial charge in [0.15, 0.2) is 0 Å². The van der Waals surface area contributed by atoms with Crippen LogP contribution in [-0.2, 0) is 9.31 Å². The van der Waals surface area contributed by atoms with E-state index in [9.17, 15) is 4.39 Å². The van der Waals surface area contributed by atoms with Crippen molar-refractivity contribution < 1.29 is 13.7 Å². The van der Waals surface area contributed by atoms with E-state index in [1.165, 1.54) is 0 Å². The fourth-order valence-corrected chi connectivity index (χ4v) is 3.09. The van der Waals surface area contributed by atoms with Crippen LogP contribution in [-0.4, -0.2) is 69.3 Å². The maximum absolute atomic E-state index is 14.5. The lowest BCUT2D eigenvalue weighted by Gasteiger charge is -2.39. The summed E-state index contributed by atoms with van der Waals surface area (Å²) in [6.07, 6.45) is 1.72. The summed E-state index contributed by atoms with van der Waals surface area (Å²) in [6, 6.07) is 0. The number of rotatable bonds is 9. The Balaban J connectivity index is 3.00. The fourth-order valence-electron chi connectivity index (χ4n) is 3.09. The molecule has 0 spiro atoms. The molecule has 5 nitrogen and oxygen atoms in total. The van der Waals surface area contributed by atoms with Gasteiger partial charge in [0, 0.05) is 18.1 Å². The van der Waals surface area contributed by atoms with Gasteiger partial charge in [-0.05, 0) is 72.8 Å². The molecule has 0 bridgehead atoms. The van der Waals surface area contributed by atoms with Gasteiger partial charge in [0.05, 0.1) is 12.8 Å². The first-order valence-electron chi connectivity index (χ1n) is 9.65. The highest BCUT2D eigenvalue weighted by Gasteiger charge is 2.40. The number of allylic oxidation sites excluding steroid dienone is 1. The molecule has 3 atom stereocenters. The van der Waals surface area contributed by atoms with E-state index in [1.807, 2.05) is 41.1 Å². The lowest BCUT2D eigenvalue weighted by atomic mass is 9.66. The molecule has 0 fully saturated rings. The van der Waals surface area contributed by atoms with Crippen LogP contribution in [0.15, 0.2) is 11.7 Å². The van der Waals surface area contributed by atoms with E-state index in [-0.39, 0.29) is 17.7 Å². The molecule has 0 radical (unpaired) electrons. The maximum atomic E-state index is 14.5. The van der Waals surface area contributed by atoms with Crippen LogP contribution in [0, 0.1) is 11.8 Å². The highest BCUT2D eigenvalue weighted by atomic mass is 19.1. The molecule has 1 rings (SSSR count). The van der Waals surface area contributed by atoms with Gasteiger partial charge in [0.2, 0.25) is 0 Å². The van der Waals surface area contributed by atoms with Crippen LogP contribution in [0.4, 0.5) is 4.39 Å². The predicted molar refractivity (Wildman–Crippen MR) is 107 cm³/mol. The molecular formula is C19H39BFN3O2. The third kappa shape index (κ3) is 7.95. The Morgan fingerprint density at radius 2 is 1.88 bits per heavy atom. The zero-order chi connectivity index (χ0) is 20.1. The van der Waals surface area contributed by atoms with Gasteiger partial charge in [0.25, 0.3) is 0 Å². The van der Waals surface area contributed by atoms with Gasteiger partial charge in [-0.2, -0.15) is 0 Å². The standard InChI is InChI=1S/C19H39BFN3O2/c1-14(2)12-25-20(26-19(4,5)6)17-11-22-18(10-16(17)15(3)21)24(9)13-23(7)8/h11,14-16,18,22H,10,12-13H2,1-9H3/t15?,16-,18?/m0/s1. The molecule has 0 aromatic heterocycles. The molecule has 1 N–H and O–H groups in total. The van der Waals surface area contributed by atoms with Gasteiger partial charge in [-0.1, -0.05) is 13.8 Å². The summed E-state index contributed by atoms with van der Waals surface area (Å²) in [5.74, 6) is 0.156. The molecule has 1 aliphatic rings. The average molecular weight is 371 g/mol. The first-order chi connectivity index (χ1) is 11.9. The maximum Gasteiger partial charge on any atom is 0.491 e. The molecule has 0 aliphatic carbocycles. The topological polar surface area (TPSA) is 37.0 Å². The van der Waals surface area contributed by atoms with Gasteiger partial charge in [0.1, 0.15) is 6.17 Å². The molecule has 1 heterocycles. The van der Waals surface area contributed by atoms with Crippen LogP contribution in [0.2, 0.25) is 0 Å². The summed E-state index contributed by atoms with van der Waals surface area (Å²) in [5, 5.41) is 3.42. The molecule has 26 heavy (non-hydrogen) atoms. The van der Waals surface area contributed by atoms with Crippen molar-refractivity contribution in [1.29, 1.82) is 0 Å². The molecule has 1 aliphatic heterocycles. The van der Waals surface area contributed by atoms with Gasteiger partial charge in [-0.25, -0.2) is 4.39 Å². The van der Waals surface area contributed by atoms with Crippen molar-refractivity contribution in [3.05, 3.63) is 11.7 Å². The third-order valence-corrected chi connectivity index (χ3v) is 4.25. The Hall–Kier alpha value is -0.625. The van der Waals surface area contributed by atoms with Crippen LogP contribution >= 0.6 is 0 Å². The van der Waals surface area contributed by atoms with Crippen molar-refractivity contribution in [2.24, 2.45) is 11.8 Å². The van der Waals surface area contributed by atoms with Crippen LogP contribution in [0.25, 0.3) is 0 Å². The van der Waals surface area contributed by atoms with Gasteiger partial charge in [-0.15, -0.1) is 0 Å². The Labute approximate surface area is 160 Å². The van der Waals surface area contributed by atoms with Crippen LogP contribution in [0.1, 0.15) is 48.0 Å². The van der Waals surface area contributed by atoms with E-state index in [4.69, 9.17) is 9.31 Å². The molecule has 152 valence electrons. The second kappa shape index (κ2) is 10.1. The van der Waals surface area contributed by atoms with E-state index in [0.717, 1.165) is 12.1 Å². The van der Waals surface area contributed by atoms with Gasteiger partial charge in [-0.3, -0.25) is 9.80 Å². The first kappa shape index (κ1) is 23.4. The van der Waals surface area contributed by atoms with Crippen LogP contribution in [0.3, 0.4) is 0 Å². The molecule has 0 saturated carbocycles. The third-order valence-electron chi connectivity index (χ3n) is 4.25. The summed E-state index contributed by atoms with van der Waals surface area (Å²) in [7, 11) is 5.58. The molecule has 0 aromatic rings. The number of nitrogens with one attached hydrogen (secondary N) is 1. The molecule has 2 unspecified atom stereocenters. The zero-order valence-corrected chi connectivity index (χ0v) is 18.2. The molecule has 7 heteroatoms. The number of hydrogen-bond donors (Lipinski definition) is 1. The zero-order valence-electron chi connectivity index (χ0n) is 18.2. The van der Waals surface area contributed by atoms with Crippen LogP contribution < -0.4 is 5.32 Å². The second-order valence-electron chi connectivity index (χ2n) is 9.11. The van der Waals surface area contributed by atoms with Crippen molar-refractivity contribution in [2.45, 2.75) is 65.9 Å².